The van der Waals surface area contributed by atoms with Gasteiger partial charge in [0.05, 0.1) is 24.0 Å². The summed E-state index contributed by atoms with van der Waals surface area (Å²) in [5, 5.41) is 0. The molecule has 0 aliphatic carbocycles. The second-order valence-corrected chi connectivity index (χ2v) is 6.37. The van der Waals surface area contributed by atoms with Crippen LogP contribution in [0.2, 0.25) is 0 Å². The smallest absolute Gasteiger partial charge is 0.119 e. The van der Waals surface area contributed by atoms with Crippen molar-refractivity contribution in [3.8, 4) is 11.5 Å². The molecule has 2 aromatic rings. The van der Waals surface area contributed by atoms with E-state index in [1.54, 1.807) is 38.5 Å². The normalized spacial score (nSPS) is 10.8. The van der Waals surface area contributed by atoms with Gasteiger partial charge in [0.1, 0.15) is 24.7 Å². The number of rotatable bonds is 10. The van der Waals surface area contributed by atoms with E-state index in [0.717, 1.165) is 21.3 Å². The van der Waals surface area contributed by atoms with Crippen LogP contribution in [0.5, 0.6) is 11.5 Å². The zero-order valence-corrected chi connectivity index (χ0v) is 14.7. The zero-order chi connectivity index (χ0) is 17.2. The van der Waals surface area contributed by atoms with Crippen LogP contribution in [0.25, 0.3) is 0 Å². The van der Waals surface area contributed by atoms with Crippen molar-refractivity contribution in [1.82, 2.24) is 0 Å². The largest absolute Gasteiger partial charge is 0.491 e. The number of ether oxygens (including phenoxy) is 4. The van der Waals surface area contributed by atoms with Gasteiger partial charge in [0.2, 0.25) is 0 Å². The monoisotopic (exact) mass is 350 g/mol. The SMILES string of the molecule is COCCOc1ccc(S(=O)c2ccc(OCCOC)cc2)cc1. The van der Waals surface area contributed by atoms with E-state index in [9.17, 15) is 4.21 Å². The predicted molar refractivity (Wildman–Crippen MR) is 92.3 cm³/mol. The Hall–Kier alpha value is -1.89. The van der Waals surface area contributed by atoms with Gasteiger partial charge in [0.25, 0.3) is 0 Å². The minimum atomic E-state index is -1.24. The number of hydrogen-bond acceptors (Lipinski definition) is 5. The van der Waals surface area contributed by atoms with E-state index in [0.29, 0.717) is 26.4 Å². The molecule has 24 heavy (non-hydrogen) atoms. The first kappa shape index (κ1) is 18.4. The third kappa shape index (κ3) is 5.63. The Kier molecular flexibility index (Phi) is 7.74. The van der Waals surface area contributed by atoms with Gasteiger partial charge >= 0.3 is 0 Å². The third-order valence-electron chi connectivity index (χ3n) is 3.19. The predicted octanol–water partition coefficient (Wildman–Crippen LogP) is 2.90. The molecule has 0 saturated carbocycles. The van der Waals surface area contributed by atoms with Crippen molar-refractivity contribution < 1.29 is 23.2 Å². The van der Waals surface area contributed by atoms with Crippen molar-refractivity contribution in [2.75, 3.05) is 40.6 Å². The number of hydrogen-bond donors (Lipinski definition) is 0. The van der Waals surface area contributed by atoms with Gasteiger partial charge in [-0.3, -0.25) is 0 Å². The van der Waals surface area contributed by atoms with Gasteiger partial charge in [-0.1, -0.05) is 0 Å². The summed E-state index contributed by atoms with van der Waals surface area (Å²) in [7, 11) is 2.02. The van der Waals surface area contributed by atoms with E-state index in [-0.39, 0.29) is 0 Å². The lowest BCUT2D eigenvalue weighted by atomic mass is 10.3. The van der Waals surface area contributed by atoms with Gasteiger partial charge in [0, 0.05) is 24.0 Å². The van der Waals surface area contributed by atoms with Crippen LogP contribution in [0.15, 0.2) is 58.3 Å². The first-order chi connectivity index (χ1) is 11.7. The molecule has 0 unspecified atom stereocenters. The molecule has 0 heterocycles. The highest BCUT2D eigenvalue weighted by molar-refractivity contribution is 7.85. The molecule has 0 aromatic heterocycles. The molecule has 0 atom stereocenters. The van der Waals surface area contributed by atoms with Gasteiger partial charge in [0.15, 0.2) is 0 Å². The fourth-order valence-electron chi connectivity index (χ4n) is 1.94. The fraction of sp³-hybridized carbons (Fsp3) is 0.333. The Morgan fingerprint density at radius 2 is 1.04 bits per heavy atom. The molecule has 130 valence electrons. The molecule has 0 bridgehead atoms. The summed E-state index contributed by atoms with van der Waals surface area (Å²) < 4.78 is 33.4. The second-order valence-electron chi connectivity index (χ2n) is 4.89. The average molecular weight is 350 g/mol. The van der Waals surface area contributed by atoms with Crippen LogP contribution in [0, 0.1) is 0 Å². The summed E-state index contributed by atoms with van der Waals surface area (Å²) in [6.07, 6.45) is 0. The van der Waals surface area contributed by atoms with Gasteiger partial charge in [-0.15, -0.1) is 0 Å². The van der Waals surface area contributed by atoms with E-state index in [1.807, 2.05) is 24.3 Å². The quantitative estimate of drug-likeness (QED) is 0.617. The van der Waals surface area contributed by atoms with E-state index in [4.69, 9.17) is 18.9 Å². The lowest BCUT2D eigenvalue weighted by Gasteiger charge is -2.08. The summed E-state index contributed by atoms with van der Waals surface area (Å²) >= 11 is 0. The Morgan fingerprint density at radius 3 is 1.38 bits per heavy atom. The van der Waals surface area contributed by atoms with Crippen molar-refractivity contribution in [3.63, 3.8) is 0 Å². The molecule has 0 spiro atoms. The fourth-order valence-corrected chi connectivity index (χ4v) is 2.98. The van der Waals surface area contributed by atoms with Crippen LogP contribution < -0.4 is 9.47 Å². The Labute approximate surface area is 145 Å². The van der Waals surface area contributed by atoms with Gasteiger partial charge < -0.3 is 18.9 Å². The summed E-state index contributed by atoms with van der Waals surface area (Å²) in [5.41, 5.74) is 0. The maximum Gasteiger partial charge on any atom is 0.119 e. The van der Waals surface area contributed by atoms with Gasteiger partial charge in [-0.05, 0) is 48.5 Å². The molecule has 0 saturated heterocycles. The van der Waals surface area contributed by atoms with Crippen LogP contribution in [0.4, 0.5) is 0 Å². The maximum absolute atomic E-state index is 12.6. The molecule has 0 N–H and O–H groups in total. The van der Waals surface area contributed by atoms with Crippen LogP contribution in [0.1, 0.15) is 0 Å². The Morgan fingerprint density at radius 1 is 0.667 bits per heavy atom. The average Bonchev–Trinajstić information content (AvgIpc) is 2.63. The maximum atomic E-state index is 12.6. The van der Waals surface area contributed by atoms with Crippen molar-refractivity contribution in [2.45, 2.75) is 9.79 Å². The topological polar surface area (TPSA) is 54.0 Å². The number of methoxy groups -OCH3 is 2. The van der Waals surface area contributed by atoms with Crippen molar-refractivity contribution >= 4 is 10.8 Å². The molecule has 0 aliphatic heterocycles. The van der Waals surface area contributed by atoms with E-state index >= 15 is 0 Å². The van der Waals surface area contributed by atoms with Crippen molar-refractivity contribution in [3.05, 3.63) is 48.5 Å². The van der Waals surface area contributed by atoms with Crippen molar-refractivity contribution in [1.29, 1.82) is 0 Å². The molecule has 5 nitrogen and oxygen atoms in total. The minimum absolute atomic E-state index is 0.490. The molecule has 6 heteroatoms. The Balaban J connectivity index is 1.95. The molecule has 0 aliphatic rings. The molecule has 2 rings (SSSR count). The summed E-state index contributed by atoms with van der Waals surface area (Å²) in [6.45, 7) is 2.05. The highest BCUT2D eigenvalue weighted by Crippen LogP contribution is 2.21. The second kappa shape index (κ2) is 10.1. The molecule has 0 radical (unpaired) electrons. The highest BCUT2D eigenvalue weighted by atomic mass is 32.2. The summed E-state index contributed by atoms with van der Waals surface area (Å²) in [4.78, 5) is 1.45. The lowest BCUT2D eigenvalue weighted by Crippen LogP contribution is -2.04. The molecule has 0 amide bonds. The van der Waals surface area contributed by atoms with Gasteiger partial charge in [-0.2, -0.15) is 0 Å². The summed E-state index contributed by atoms with van der Waals surface area (Å²) in [6, 6.07) is 14.5. The first-order valence-electron chi connectivity index (χ1n) is 7.60. The van der Waals surface area contributed by atoms with Crippen LogP contribution in [-0.2, 0) is 20.3 Å². The first-order valence-corrected chi connectivity index (χ1v) is 8.75. The standard InChI is InChI=1S/C18H22O5S/c1-20-11-13-22-15-3-7-17(8-4-15)24(19)18-9-5-16(6-10-18)23-14-12-21-2/h3-10H,11-14H2,1-2H3. The molecule has 0 fully saturated rings. The zero-order valence-electron chi connectivity index (χ0n) is 13.9. The minimum Gasteiger partial charge on any atom is -0.491 e. The van der Waals surface area contributed by atoms with Crippen LogP contribution in [-0.4, -0.2) is 44.9 Å². The number of benzene rings is 2. The van der Waals surface area contributed by atoms with E-state index < -0.39 is 10.8 Å². The van der Waals surface area contributed by atoms with Crippen LogP contribution >= 0.6 is 0 Å². The van der Waals surface area contributed by atoms with E-state index in [2.05, 4.69) is 0 Å². The van der Waals surface area contributed by atoms with Crippen LogP contribution in [0.3, 0.4) is 0 Å². The highest BCUT2D eigenvalue weighted by Gasteiger charge is 2.08. The Bertz CT molecular complexity index is 569. The molecular weight excluding hydrogens is 328 g/mol. The van der Waals surface area contributed by atoms with Crippen molar-refractivity contribution in [2.24, 2.45) is 0 Å². The molecular formula is C18H22O5S. The summed E-state index contributed by atoms with van der Waals surface area (Å²) in [5.74, 6) is 1.46. The van der Waals surface area contributed by atoms with Gasteiger partial charge in [-0.25, -0.2) is 4.21 Å². The van der Waals surface area contributed by atoms with E-state index in [1.165, 1.54) is 0 Å². The lowest BCUT2D eigenvalue weighted by molar-refractivity contribution is 0.146. The third-order valence-corrected chi connectivity index (χ3v) is 4.59. The molecule has 2 aromatic carbocycles.